The van der Waals surface area contributed by atoms with Crippen LogP contribution in [0.5, 0.6) is 0 Å². The van der Waals surface area contributed by atoms with Gasteiger partial charge in [-0.25, -0.2) is 4.79 Å². The van der Waals surface area contributed by atoms with Gasteiger partial charge in [-0.3, -0.25) is 0 Å². The summed E-state index contributed by atoms with van der Waals surface area (Å²) >= 11 is 1.69. The summed E-state index contributed by atoms with van der Waals surface area (Å²) in [4.78, 5) is 13.2. The van der Waals surface area contributed by atoms with Gasteiger partial charge in [0.1, 0.15) is 6.61 Å². The molecule has 1 saturated heterocycles. The highest BCUT2D eigenvalue weighted by molar-refractivity contribution is 7.98. The summed E-state index contributed by atoms with van der Waals surface area (Å²) in [5.41, 5.74) is 0. The van der Waals surface area contributed by atoms with Gasteiger partial charge in [-0.2, -0.15) is 11.8 Å². The third-order valence-electron chi connectivity index (χ3n) is 2.13. The van der Waals surface area contributed by atoms with Crippen LogP contribution in [0.15, 0.2) is 0 Å². The van der Waals surface area contributed by atoms with Crippen molar-refractivity contribution in [2.24, 2.45) is 0 Å². The standard InChI is InChI=1S/C9H17NO2S/c1-13-8-7-12-9(11)10-5-3-2-4-6-10/h2-8H2,1H3. The first kappa shape index (κ1) is 10.7. The highest BCUT2D eigenvalue weighted by atomic mass is 32.2. The van der Waals surface area contributed by atoms with Gasteiger partial charge in [0.2, 0.25) is 0 Å². The number of piperidine rings is 1. The molecule has 0 unspecified atom stereocenters. The molecule has 0 aromatic heterocycles. The number of likely N-dealkylation sites (tertiary alicyclic amines) is 1. The van der Waals surface area contributed by atoms with Gasteiger partial charge >= 0.3 is 6.09 Å². The quantitative estimate of drug-likeness (QED) is 0.657. The van der Waals surface area contributed by atoms with E-state index < -0.39 is 0 Å². The zero-order valence-corrected chi connectivity index (χ0v) is 8.94. The Morgan fingerprint density at radius 3 is 2.69 bits per heavy atom. The molecule has 1 aliphatic heterocycles. The van der Waals surface area contributed by atoms with E-state index in [1.807, 2.05) is 11.2 Å². The lowest BCUT2D eigenvalue weighted by atomic mass is 10.1. The lowest BCUT2D eigenvalue weighted by Gasteiger charge is -2.25. The number of carbonyl (C=O) groups excluding carboxylic acids is 1. The molecular formula is C9H17NO2S. The summed E-state index contributed by atoms with van der Waals surface area (Å²) in [7, 11) is 0. The maximum atomic E-state index is 11.4. The molecule has 0 spiro atoms. The minimum Gasteiger partial charge on any atom is -0.449 e. The van der Waals surface area contributed by atoms with Crippen LogP contribution in [0.25, 0.3) is 0 Å². The molecule has 1 amide bonds. The van der Waals surface area contributed by atoms with Crippen LogP contribution in [0.1, 0.15) is 19.3 Å². The SMILES string of the molecule is CSCCOC(=O)N1CCCCC1. The molecular weight excluding hydrogens is 186 g/mol. The third-order valence-corrected chi connectivity index (χ3v) is 2.70. The molecule has 0 N–H and O–H groups in total. The highest BCUT2D eigenvalue weighted by Crippen LogP contribution is 2.09. The smallest absolute Gasteiger partial charge is 0.409 e. The molecule has 0 saturated carbocycles. The topological polar surface area (TPSA) is 29.5 Å². The highest BCUT2D eigenvalue weighted by Gasteiger charge is 2.16. The molecule has 0 bridgehead atoms. The van der Waals surface area contributed by atoms with Crippen molar-refractivity contribution in [2.75, 3.05) is 31.7 Å². The number of thioether (sulfide) groups is 1. The van der Waals surface area contributed by atoms with Gasteiger partial charge in [-0.15, -0.1) is 0 Å². The van der Waals surface area contributed by atoms with Gasteiger partial charge in [-0.1, -0.05) is 0 Å². The van der Waals surface area contributed by atoms with E-state index in [4.69, 9.17) is 4.74 Å². The summed E-state index contributed by atoms with van der Waals surface area (Å²) in [6.45, 7) is 2.28. The van der Waals surface area contributed by atoms with Crippen LogP contribution in [0.2, 0.25) is 0 Å². The van der Waals surface area contributed by atoms with E-state index in [-0.39, 0.29) is 6.09 Å². The maximum absolute atomic E-state index is 11.4. The van der Waals surface area contributed by atoms with Gasteiger partial charge in [0.15, 0.2) is 0 Å². The van der Waals surface area contributed by atoms with Crippen molar-refractivity contribution in [1.82, 2.24) is 4.90 Å². The van der Waals surface area contributed by atoms with Gasteiger partial charge in [-0.05, 0) is 25.5 Å². The summed E-state index contributed by atoms with van der Waals surface area (Å²) in [5.74, 6) is 0.888. The zero-order chi connectivity index (χ0) is 9.52. The fraction of sp³-hybridized carbons (Fsp3) is 0.889. The van der Waals surface area contributed by atoms with Gasteiger partial charge in [0, 0.05) is 18.8 Å². The molecule has 1 aliphatic rings. The van der Waals surface area contributed by atoms with E-state index >= 15 is 0 Å². The molecule has 76 valence electrons. The van der Waals surface area contributed by atoms with Crippen molar-refractivity contribution < 1.29 is 9.53 Å². The fourth-order valence-corrected chi connectivity index (χ4v) is 1.63. The minimum absolute atomic E-state index is 0.131. The largest absolute Gasteiger partial charge is 0.449 e. The van der Waals surface area contributed by atoms with Crippen molar-refractivity contribution in [3.05, 3.63) is 0 Å². The maximum Gasteiger partial charge on any atom is 0.409 e. The van der Waals surface area contributed by atoms with Crippen LogP contribution >= 0.6 is 11.8 Å². The summed E-state index contributed by atoms with van der Waals surface area (Å²) < 4.78 is 5.09. The van der Waals surface area contributed by atoms with Crippen LogP contribution in [0.4, 0.5) is 4.79 Å². The number of nitrogens with zero attached hydrogens (tertiary/aromatic N) is 1. The summed E-state index contributed by atoms with van der Waals surface area (Å²) in [6, 6.07) is 0. The molecule has 4 heteroatoms. The average molecular weight is 203 g/mol. The number of rotatable bonds is 3. The van der Waals surface area contributed by atoms with Crippen molar-refractivity contribution in [3.8, 4) is 0 Å². The predicted molar refractivity (Wildman–Crippen MR) is 55.2 cm³/mol. The normalized spacial score (nSPS) is 17.2. The second-order valence-electron chi connectivity index (χ2n) is 3.15. The molecule has 1 fully saturated rings. The van der Waals surface area contributed by atoms with Crippen LogP contribution < -0.4 is 0 Å². The molecule has 1 rings (SSSR count). The number of carbonyl (C=O) groups is 1. The van der Waals surface area contributed by atoms with Crippen LogP contribution in [-0.4, -0.2) is 42.7 Å². The molecule has 0 aliphatic carbocycles. The van der Waals surface area contributed by atoms with Gasteiger partial charge in [0.05, 0.1) is 0 Å². The van der Waals surface area contributed by atoms with Crippen LogP contribution in [-0.2, 0) is 4.74 Å². The molecule has 0 aromatic carbocycles. The number of amides is 1. The Hall–Kier alpha value is -0.380. The van der Waals surface area contributed by atoms with E-state index in [1.165, 1.54) is 6.42 Å². The number of ether oxygens (including phenoxy) is 1. The average Bonchev–Trinajstić information content (AvgIpc) is 2.19. The molecule has 3 nitrogen and oxygen atoms in total. The molecule has 0 atom stereocenters. The van der Waals surface area contributed by atoms with Gasteiger partial charge in [0.25, 0.3) is 0 Å². The second-order valence-corrected chi connectivity index (χ2v) is 4.14. The summed E-state index contributed by atoms with van der Waals surface area (Å²) in [5, 5.41) is 0. The Bertz CT molecular complexity index is 158. The lowest BCUT2D eigenvalue weighted by Crippen LogP contribution is -2.36. The second kappa shape index (κ2) is 6.13. The Kier molecular flexibility index (Phi) is 5.05. The predicted octanol–water partition coefficient (Wildman–Crippen LogP) is 1.97. The van der Waals surface area contributed by atoms with Crippen molar-refractivity contribution >= 4 is 17.9 Å². The van der Waals surface area contributed by atoms with Crippen molar-refractivity contribution in [2.45, 2.75) is 19.3 Å². The van der Waals surface area contributed by atoms with Crippen LogP contribution in [0.3, 0.4) is 0 Å². The van der Waals surface area contributed by atoms with Crippen molar-refractivity contribution in [1.29, 1.82) is 0 Å². The first-order valence-corrected chi connectivity index (χ1v) is 6.14. The Balaban J connectivity index is 2.13. The van der Waals surface area contributed by atoms with E-state index in [2.05, 4.69) is 0 Å². The third kappa shape index (κ3) is 3.89. The zero-order valence-electron chi connectivity index (χ0n) is 8.12. The molecule has 13 heavy (non-hydrogen) atoms. The lowest BCUT2D eigenvalue weighted by molar-refractivity contribution is 0.101. The monoisotopic (exact) mass is 203 g/mol. The Morgan fingerprint density at radius 2 is 2.08 bits per heavy atom. The van der Waals surface area contributed by atoms with E-state index in [0.717, 1.165) is 31.7 Å². The molecule has 1 heterocycles. The van der Waals surface area contributed by atoms with E-state index in [1.54, 1.807) is 11.8 Å². The molecule has 0 aromatic rings. The van der Waals surface area contributed by atoms with Gasteiger partial charge < -0.3 is 9.64 Å². The first-order chi connectivity index (χ1) is 6.34. The Labute approximate surface area is 83.8 Å². The van der Waals surface area contributed by atoms with Crippen molar-refractivity contribution in [3.63, 3.8) is 0 Å². The van der Waals surface area contributed by atoms with E-state index in [0.29, 0.717) is 6.61 Å². The fourth-order valence-electron chi connectivity index (χ4n) is 1.38. The van der Waals surface area contributed by atoms with Crippen LogP contribution in [0, 0.1) is 0 Å². The minimum atomic E-state index is -0.131. The number of hydrogen-bond acceptors (Lipinski definition) is 3. The first-order valence-electron chi connectivity index (χ1n) is 4.75. The number of hydrogen-bond donors (Lipinski definition) is 0. The molecule has 0 radical (unpaired) electrons. The summed E-state index contributed by atoms with van der Waals surface area (Å²) in [6.07, 6.45) is 5.37. The Morgan fingerprint density at radius 1 is 1.38 bits per heavy atom. The van der Waals surface area contributed by atoms with E-state index in [9.17, 15) is 4.79 Å².